The zero-order valence-electron chi connectivity index (χ0n) is 18.9. The van der Waals surface area contributed by atoms with Gasteiger partial charge in [-0.3, -0.25) is 9.59 Å². The van der Waals surface area contributed by atoms with Gasteiger partial charge >= 0.3 is 5.97 Å². The van der Waals surface area contributed by atoms with Gasteiger partial charge in [-0.25, -0.2) is 9.69 Å². The summed E-state index contributed by atoms with van der Waals surface area (Å²) in [5, 5.41) is 3.13. The molecule has 34 heavy (non-hydrogen) atoms. The Labute approximate surface area is 202 Å². The van der Waals surface area contributed by atoms with E-state index in [0.29, 0.717) is 12.1 Å². The minimum absolute atomic E-state index is 0.165. The normalized spacial score (nSPS) is 13.4. The molecule has 0 bridgehead atoms. The van der Waals surface area contributed by atoms with Crippen LogP contribution in [0.5, 0.6) is 0 Å². The number of hydrogen-bond donors (Lipinski definition) is 1. The molecule has 1 aliphatic rings. The smallest absolute Gasteiger partial charge is 0.340 e. The van der Waals surface area contributed by atoms with Crippen LogP contribution >= 0.6 is 11.8 Å². The molecular formula is C27H24N2O4S. The van der Waals surface area contributed by atoms with E-state index in [1.165, 1.54) is 11.8 Å². The molecule has 6 nitrogen and oxygen atoms in total. The Balaban J connectivity index is 1.74. The molecule has 172 valence electrons. The van der Waals surface area contributed by atoms with Crippen LogP contribution in [0.3, 0.4) is 0 Å². The number of nitrogens with zero attached hydrogens (tertiary/aromatic N) is 1. The fraction of sp³-hybridized carbons (Fsp3) is 0.148. The SMILES string of the molecule is CCCOC(=O)c1ccccc1N1C(=O)C(Nc2ccc(C)cc2)=C(Sc2ccccc2)C1=O. The Morgan fingerprint density at radius 1 is 0.912 bits per heavy atom. The predicted molar refractivity (Wildman–Crippen MR) is 134 cm³/mol. The van der Waals surface area contributed by atoms with Crippen molar-refractivity contribution in [2.45, 2.75) is 25.2 Å². The molecule has 0 saturated carbocycles. The standard InChI is InChI=1S/C27H24N2O4S/c1-3-17-33-27(32)21-11-7-8-12-22(21)29-25(30)23(28-19-15-13-18(2)14-16-19)24(26(29)31)34-20-9-5-4-6-10-20/h4-16,28H,3,17H2,1-2H3. The van der Waals surface area contributed by atoms with Crippen molar-refractivity contribution in [2.24, 2.45) is 0 Å². The summed E-state index contributed by atoms with van der Waals surface area (Å²) in [6.45, 7) is 4.12. The van der Waals surface area contributed by atoms with Crippen molar-refractivity contribution in [3.05, 3.63) is 101 Å². The summed E-state index contributed by atoms with van der Waals surface area (Å²) in [6, 6.07) is 23.4. The predicted octanol–water partition coefficient (Wildman–Crippen LogP) is 5.55. The Bertz CT molecular complexity index is 1250. The number of para-hydroxylation sites is 1. The van der Waals surface area contributed by atoms with E-state index in [1.807, 2.05) is 68.4 Å². The molecule has 1 heterocycles. The molecular weight excluding hydrogens is 448 g/mol. The molecule has 3 aromatic carbocycles. The van der Waals surface area contributed by atoms with Crippen molar-refractivity contribution in [3.63, 3.8) is 0 Å². The molecule has 0 spiro atoms. The van der Waals surface area contributed by atoms with E-state index < -0.39 is 17.8 Å². The van der Waals surface area contributed by atoms with Crippen molar-refractivity contribution < 1.29 is 19.1 Å². The summed E-state index contributed by atoms with van der Waals surface area (Å²) in [6.07, 6.45) is 0.666. The molecule has 2 amide bonds. The van der Waals surface area contributed by atoms with Gasteiger partial charge in [-0.15, -0.1) is 0 Å². The lowest BCUT2D eigenvalue weighted by atomic mass is 10.1. The fourth-order valence-electron chi connectivity index (χ4n) is 3.43. The van der Waals surface area contributed by atoms with Crippen LogP contribution in [-0.4, -0.2) is 24.4 Å². The van der Waals surface area contributed by atoms with Gasteiger partial charge in [-0.05, 0) is 49.7 Å². The van der Waals surface area contributed by atoms with Crippen molar-refractivity contribution in [3.8, 4) is 0 Å². The number of imide groups is 1. The molecule has 0 aliphatic carbocycles. The zero-order chi connectivity index (χ0) is 24.1. The maximum Gasteiger partial charge on any atom is 0.340 e. The zero-order valence-corrected chi connectivity index (χ0v) is 19.7. The second kappa shape index (κ2) is 10.4. The third-order valence-corrected chi connectivity index (χ3v) is 6.22. The Kier molecular flexibility index (Phi) is 7.13. The largest absolute Gasteiger partial charge is 0.462 e. The number of anilines is 2. The minimum atomic E-state index is -0.574. The maximum absolute atomic E-state index is 13.6. The summed E-state index contributed by atoms with van der Waals surface area (Å²) in [7, 11) is 0. The van der Waals surface area contributed by atoms with Gasteiger partial charge in [0.1, 0.15) is 10.6 Å². The summed E-state index contributed by atoms with van der Waals surface area (Å²) >= 11 is 1.21. The van der Waals surface area contributed by atoms with Crippen LogP contribution in [0.2, 0.25) is 0 Å². The number of carbonyl (C=O) groups excluding carboxylic acids is 3. The van der Waals surface area contributed by atoms with E-state index in [2.05, 4.69) is 5.32 Å². The number of benzene rings is 3. The fourth-order valence-corrected chi connectivity index (χ4v) is 4.38. The highest BCUT2D eigenvalue weighted by Crippen LogP contribution is 2.38. The van der Waals surface area contributed by atoms with Gasteiger partial charge in [-0.2, -0.15) is 0 Å². The van der Waals surface area contributed by atoms with E-state index in [9.17, 15) is 14.4 Å². The Morgan fingerprint density at radius 3 is 2.29 bits per heavy atom. The van der Waals surface area contributed by atoms with Crippen LogP contribution in [-0.2, 0) is 14.3 Å². The van der Waals surface area contributed by atoms with Gasteiger partial charge in [0, 0.05) is 10.6 Å². The van der Waals surface area contributed by atoms with Crippen molar-refractivity contribution in [1.29, 1.82) is 0 Å². The minimum Gasteiger partial charge on any atom is -0.462 e. The first-order valence-corrected chi connectivity index (χ1v) is 11.8. The Hall–Kier alpha value is -3.84. The number of esters is 1. The molecule has 1 N–H and O–H groups in total. The van der Waals surface area contributed by atoms with Crippen molar-refractivity contribution >= 4 is 40.9 Å². The number of hydrogen-bond acceptors (Lipinski definition) is 6. The number of amides is 2. The van der Waals surface area contributed by atoms with Crippen molar-refractivity contribution in [1.82, 2.24) is 0 Å². The molecule has 1 aliphatic heterocycles. The second-order valence-corrected chi connectivity index (χ2v) is 8.79. The lowest BCUT2D eigenvalue weighted by molar-refractivity contribution is -0.120. The number of thioether (sulfide) groups is 1. The van der Waals surface area contributed by atoms with Crippen LogP contribution in [0.25, 0.3) is 0 Å². The third-order valence-electron chi connectivity index (χ3n) is 5.13. The quantitative estimate of drug-likeness (QED) is 0.342. The van der Waals surface area contributed by atoms with Crippen LogP contribution in [0.1, 0.15) is 29.3 Å². The second-order valence-electron chi connectivity index (χ2n) is 7.71. The summed E-state index contributed by atoms with van der Waals surface area (Å²) < 4.78 is 5.28. The summed E-state index contributed by atoms with van der Waals surface area (Å²) in [5.41, 5.74) is 2.29. The summed E-state index contributed by atoms with van der Waals surface area (Å²) in [4.78, 5) is 42.0. The number of aryl methyl sites for hydroxylation is 1. The van der Waals surface area contributed by atoms with Crippen LogP contribution < -0.4 is 10.2 Å². The molecule has 0 radical (unpaired) electrons. The highest BCUT2D eigenvalue weighted by Gasteiger charge is 2.41. The first kappa shape index (κ1) is 23.3. The molecule has 0 fully saturated rings. The van der Waals surface area contributed by atoms with Gasteiger partial charge in [0.05, 0.1) is 17.9 Å². The van der Waals surface area contributed by atoms with E-state index >= 15 is 0 Å². The average Bonchev–Trinajstić information content (AvgIpc) is 3.08. The molecule has 3 aromatic rings. The lowest BCUT2D eigenvalue weighted by Gasteiger charge is -2.18. The number of ether oxygens (including phenoxy) is 1. The molecule has 4 rings (SSSR count). The molecule has 0 atom stereocenters. The topological polar surface area (TPSA) is 75.7 Å². The Morgan fingerprint density at radius 2 is 1.59 bits per heavy atom. The molecule has 7 heteroatoms. The van der Waals surface area contributed by atoms with Gasteiger partial charge in [0.15, 0.2) is 0 Å². The van der Waals surface area contributed by atoms with E-state index in [0.717, 1.165) is 15.4 Å². The van der Waals surface area contributed by atoms with E-state index in [1.54, 1.807) is 24.3 Å². The van der Waals surface area contributed by atoms with E-state index in [-0.39, 0.29) is 28.5 Å². The highest BCUT2D eigenvalue weighted by molar-refractivity contribution is 8.04. The lowest BCUT2D eigenvalue weighted by Crippen LogP contribution is -2.33. The van der Waals surface area contributed by atoms with Gasteiger partial charge < -0.3 is 10.1 Å². The monoisotopic (exact) mass is 472 g/mol. The number of nitrogens with one attached hydrogen (secondary N) is 1. The first-order chi connectivity index (χ1) is 16.5. The first-order valence-electron chi connectivity index (χ1n) is 11.0. The summed E-state index contributed by atoms with van der Waals surface area (Å²) in [5.74, 6) is -1.60. The molecule has 0 saturated heterocycles. The van der Waals surface area contributed by atoms with Crippen LogP contribution in [0.15, 0.2) is 94.4 Å². The van der Waals surface area contributed by atoms with Crippen LogP contribution in [0.4, 0.5) is 11.4 Å². The molecule has 0 aromatic heterocycles. The van der Waals surface area contributed by atoms with E-state index in [4.69, 9.17) is 4.74 Å². The molecule has 0 unspecified atom stereocenters. The average molecular weight is 473 g/mol. The maximum atomic E-state index is 13.6. The van der Waals surface area contributed by atoms with Gasteiger partial charge in [0.25, 0.3) is 11.8 Å². The van der Waals surface area contributed by atoms with Crippen LogP contribution in [0, 0.1) is 6.92 Å². The van der Waals surface area contributed by atoms with Gasteiger partial charge in [-0.1, -0.05) is 66.7 Å². The third kappa shape index (κ3) is 4.89. The van der Waals surface area contributed by atoms with Gasteiger partial charge in [0.2, 0.25) is 0 Å². The number of rotatable bonds is 8. The van der Waals surface area contributed by atoms with Crippen molar-refractivity contribution in [2.75, 3.05) is 16.8 Å². The number of carbonyl (C=O) groups is 3. The highest BCUT2D eigenvalue weighted by atomic mass is 32.2.